The summed E-state index contributed by atoms with van der Waals surface area (Å²) in [7, 11) is 0. The van der Waals surface area contributed by atoms with Crippen molar-refractivity contribution in [2.45, 2.75) is 33.1 Å². The minimum absolute atomic E-state index is 0.0682. The monoisotopic (exact) mass is 336 g/mol. The maximum absolute atomic E-state index is 12.0. The van der Waals surface area contributed by atoms with E-state index < -0.39 is 17.8 Å². The number of benzene rings is 1. The third-order valence-corrected chi connectivity index (χ3v) is 4.96. The molecule has 0 amide bonds. The van der Waals surface area contributed by atoms with Crippen LogP contribution in [0.1, 0.15) is 27.7 Å². The Labute approximate surface area is 128 Å². The minimum Gasteiger partial charge on any atom is -0.413 e. The summed E-state index contributed by atoms with van der Waals surface area (Å²) in [6, 6.07) is 8.50. The Balaban J connectivity index is 2.58. The molecule has 1 unspecified atom stereocenters. The molecule has 0 radical (unpaired) electrons. The second-order valence-corrected chi connectivity index (χ2v) is 8.93. The second kappa shape index (κ2) is 6.99. The molecule has 0 spiro atoms. The summed E-state index contributed by atoms with van der Waals surface area (Å²) in [5, 5.41) is -0.0682. The van der Waals surface area contributed by atoms with E-state index in [4.69, 9.17) is 20.3 Å². The van der Waals surface area contributed by atoms with Crippen molar-refractivity contribution >= 4 is 35.1 Å². The molecule has 0 heterocycles. The summed E-state index contributed by atoms with van der Waals surface area (Å²) in [5.74, 6) is 0.352. The van der Waals surface area contributed by atoms with Crippen LogP contribution in [0.25, 0.3) is 0 Å². The fraction of sp³-hybridized carbons (Fsp3) is 0.462. The zero-order chi connectivity index (χ0) is 15.4. The topological polar surface area (TPSA) is 52.6 Å². The van der Waals surface area contributed by atoms with Crippen molar-refractivity contribution in [3.05, 3.63) is 30.3 Å². The molecule has 0 aliphatic heterocycles. The largest absolute Gasteiger partial charge is 0.477 e. The highest BCUT2D eigenvalue weighted by molar-refractivity contribution is 8.14. The Morgan fingerprint density at radius 2 is 1.85 bits per heavy atom. The van der Waals surface area contributed by atoms with Crippen LogP contribution < -0.4 is 4.52 Å². The number of carbonyl (C=O) groups excluding carboxylic acids is 1. The molecule has 0 aliphatic carbocycles. The summed E-state index contributed by atoms with van der Waals surface area (Å²) in [6.07, 6.45) is 0. The van der Waals surface area contributed by atoms with E-state index in [1.165, 1.54) is 0 Å². The molecule has 0 N–H and O–H groups in total. The third-order valence-electron chi connectivity index (χ3n) is 2.12. The number of para-hydroxylation sites is 1. The van der Waals surface area contributed by atoms with Crippen molar-refractivity contribution in [3.8, 4) is 5.75 Å². The molecule has 0 aliphatic rings. The lowest BCUT2D eigenvalue weighted by atomic mass is 10.00. The van der Waals surface area contributed by atoms with Crippen LogP contribution in [-0.4, -0.2) is 10.6 Å². The smallest absolute Gasteiger partial charge is 0.413 e. The van der Waals surface area contributed by atoms with Gasteiger partial charge >= 0.3 is 6.95 Å². The first-order valence-electron chi connectivity index (χ1n) is 6.04. The van der Waals surface area contributed by atoms with E-state index in [0.717, 1.165) is 11.8 Å². The van der Waals surface area contributed by atoms with E-state index in [1.807, 2.05) is 0 Å². The van der Waals surface area contributed by atoms with Gasteiger partial charge in [0.15, 0.2) is 5.12 Å². The van der Waals surface area contributed by atoms with Crippen molar-refractivity contribution in [1.29, 1.82) is 0 Å². The van der Waals surface area contributed by atoms with Gasteiger partial charge in [-0.2, -0.15) is 0 Å². The van der Waals surface area contributed by atoms with E-state index >= 15 is 0 Å². The number of thioether (sulfide) groups is 1. The van der Waals surface area contributed by atoms with Crippen LogP contribution in [-0.2, 0) is 13.9 Å². The van der Waals surface area contributed by atoms with Crippen LogP contribution in [0.3, 0.4) is 0 Å². The van der Waals surface area contributed by atoms with Crippen LogP contribution in [0.4, 0.5) is 0 Å². The van der Waals surface area contributed by atoms with Crippen LogP contribution in [0.5, 0.6) is 5.75 Å². The summed E-state index contributed by atoms with van der Waals surface area (Å²) in [4.78, 5) is 11.8. The average molecular weight is 337 g/mol. The first kappa shape index (κ1) is 17.6. The van der Waals surface area contributed by atoms with Crippen LogP contribution >= 0.6 is 30.0 Å². The van der Waals surface area contributed by atoms with Gasteiger partial charge in [0.1, 0.15) is 11.2 Å². The number of rotatable bonds is 5. The Bertz CT molecular complexity index is 501. The van der Waals surface area contributed by atoms with Crippen molar-refractivity contribution < 1.29 is 18.4 Å². The fourth-order valence-corrected chi connectivity index (χ4v) is 3.83. The molecule has 0 bridgehead atoms. The van der Waals surface area contributed by atoms with Gasteiger partial charge < -0.3 is 4.52 Å². The van der Waals surface area contributed by atoms with Gasteiger partial charge in [-0.25, -0.2) is 4.57 Å². The summed E-state index contributed by atoms with van der Waals surface area (Å²) >= 11 is 6.70. The highest BCUT2D eigenvalue weighted by Gasteiger charge is 2.30. The molecule has 0 saturated carbocycles. The summed E-state index contributed by atoms with van der Waals surface area (Å²) in [5.41, 5.74) is -1.16. The Hall–Kier alpha value is -0.480. The first-order valence-corrected chi connectivity index (χ1v) is 9.37. The summed E-state index contributed by atoms with van der Waals surface area (Å²) in [6.45, 7) is 3.23. The quantitative estimate of drug-likeness (QED) is 0.554. The van der Waals surface area contributed by atoms with Crippen molar-refractivity contribution in [2.75, 3.05) is 0 Å². The molecule has 0 fully saturated rings. The van der Waals surface area contributed by atoms with E-state index in [2.05, 4.69) is 0 Å². The SMILES string of the molecule is C[C@@H](OP(=O)(Cl)Oc1ccccc1)SC(=O)C(C)(C)C. The highest BCUT2D eigenvalue weighted by atomic mass is 35.7. The van der Waals surface area contributed by atoms with Crippen LogP contribution in [0, 0.1) is 5.41 Å². The average Bonchev–Trinajstić information content (AvgIpc) is 2.26. The number of hydrogen-bond acceptors (Lipinski definition) is 5. The summed E-state index contributed by atoms with van der Waals surface area (Å²) < 4.78 is 22.3. The molecule has 0 saturated heterocycles. The molecule has 0 aromatic heterocycles. The van der Waals surface area contributed by atoms with Gasteiger partial charge in [0.2, 0.25) is 0 Å². The molecule has 7 heteroatoms. The van der Waals surface area contributed by atoms with Gasteiger partial charge in [-0.1, -0.05) is 50.7 Å². The van der Waals surface area contributed by atoms with Crippen molar-refractivity contribution in [1.82, 2.24) is 0 Å². The molecule has 1 rings (SSSR count). The van der Waals surface area contributed by atoms with Crippen LogP contribution in [0.2, 0.25) is 0 Å². The molecule has 1 aromatic carbocycles. The third kappa shape index (κ3) is 6.31. The zero-order valence-electron chi connectivity index (χ0n) is 11.8. The lowest BCUT2D eigenvalue weighted by molar-refractivity contribution is -0.117. The predicted octanol–water partition coefficient (Wildman–Crippen LogP) is 5.08. The van der Waals surface area contributed by atoms with Gasteiger partial charge in [-0.3, -0.25) is 9.32 Å². The van der Waals surface area contributed by atoms with Gasteiger partial charge in [0.05, 0.1) is 0 Å². The Morgan fingerprint density at radius 3 is 2.35 bits per heavy atom. The van der Waals surface area contributed by atoms with E-state index in [9.17, 15) is 9.36 Å². The lowest BCUT2D eigenvalue weighted by Crippen LogP contribution is -2.19. The van der Waals surface area contributed by atoms with Gasteiger partial charge in [-0.05, 0) is 19.1 Å². The first-order chi connectivity index (χ1) is 9.10. The van der Waals surface area contributed by atoms with Gasteiger partial charge in [0, 0.05) is 16.7 Å². The van der Waals surface area contributed by atoms with Crippen molar-refractivity contribution in [2.24, 2.45) is 5.41 Å². The Kier molecular flexibility index (Phi) is 6.14. The molecule has 2 atom stereocenters. The van der Waals surface area contributed by atoms with E-state index in [1.54, 1.807) is 58.0 Å². The zero-order valence-corrected chi connectivity index (χ0v) is 14.3. The van der Waals surface area contributed by atoms with E-state index in [0.29, 0.717) is 5.75 Å². The predicted molar refractivity (Wildman–Crippen MR) is 83.1 cm³/mol. The molecule has 20 heavy (non-hydrogen) atoms. The maximum Gasteiger partial charge on any atom is 0.477 e. The maximum atomic E-state index is 12.0. The van der Waals surface area contributed by atoms with Gasteiger partial charge in [-0.15, -0.1) is 0 Å². The standard InChI is InChI=1S/C13H18ClO4PS/c1-10(20-12(15)13(2,3)4)17-19(14,16)18-11-8-6-5-7-9-11/h5-10H,1-4H3/t10-,19?/m0/s1. The van der Waals surface area contributed by atoms with Crippen LogP contribution in [0.15, 0.2) is 30.3 Å². The minimum atomic E-state index is -3.78. The molecule has 1 aromatic rings. The normalized spacial score (nSPS) is 16.2. The molecular weight excluding hydrogens is 319 g/mol. The number of carbonyl (C=O) groups is 1. The molecular formula is C13H18ClO4PS. The second-order valence-electron chi connectivity index (χ2n) is 5.16. The number of hydrogen-bond donors (Lipinski definition) is 0. The van der Waals surface area contributed by atoms with Gasteiger partial charge in [0.25, 0.3) is 0 Å². The van der Waals surface area contributed by atoms with E-state index in [-0.39, 0.29) is 5.12 Å². The number of halogens is 1. The van der Waals surface area contributed by atoms with Crippen molar-refractivity contribution in [3.63, 3.8) is 0 Å². The fourth-order valence-electron chi connectivity index (χ4n) is 1.16. The Morgan fingerprint density at radius 1 is 1.30 bits per heavy atom. The molecule has 4 nitrogen and oxygen atoms in total. The lowest BCUT2D eigenvalue weighted by Gasteiger charge is -2.20. The molecule has 112 valence electrons. The highest BCUT2D eigenvalue weighted by Crippen LogP contribution is 2.55.